The van der Waals surface area contributed by atoms with Crippen molar-refractivity contribution in [3.05, 3.63) is 30.4 Å². The fourth-order valence-corrected chi connectivity index (χ4v) is 1.55. The molecular weight excluding hydrogens is 190 g/mol. The van der Waals surface area contributed by atoms with Crippen LogP contribution in [0.5, 0.6) is 0 Å². The second-order valence-electron chi connectivity index (χ2n) is 3.52. The summed E-state index contributed by atoms with van der Waals surface area (Å²) in [6.45, 7) is 2.90. The van der Waals surface area contributed by atoms with Crippen LogP contribution < -0.4 is 0 Å². The molecule has 80 valence electrons. The lowest BCUT2D eigenvalue weighted by molar-refractivity contribution is 0.627. The normalized spacial score (nSPS) is 10.8. The molecule has 0 aliphatic carbocycles. The summed E-state index contributed by atoms with van der Waals surface area (Å²) >= 11 is 0. The summed E-state index contributed by atoms with van der Waals surface area (Å²) in [5.74, 6) is 2.06. The number of imidazole rings is 1. The van der Waals surface area contributed by atoms with Gasteiger partial charge >= 0.3 is 0 Å². The lowest BCUT2D eigenvalue weighted by atomic mass is 10.3. The van der Waals surface area contributed by atoms with Crippen LogP contribution in [0.4, 0.5) is 0 Å². The second kappa shape index (κ2) is 4.25. The highest BCUT2D eigenvalue weighted by Gasteiger charge is 2.05. The average molecular weight is 205 g/mol. The van der Waals surface area contributed by atoms with Crippen molar-refractivity contribution in [1.29, 1.82) is 0 Å². The molecule has 0 radical (unpaired) electrons. The smallest absolute Gasteiger partial charge is 0.146 e. The molecule has 0 aliphatic heterocycles. The minimum absolute atomic E-state index is 0.742. The topological polar surface area (TPSA) is 48.5 Å². The molecule has 0 unspecified atom stereocenters. The van der Waals surface area contributed by atoms with Crippen LogP contribution in [0.1, 0.15) is 25.0 Å². The Morgan fingerprint density at radius 1 is 1.27 bits per heavy atom. The molecule has 0 bridgehead atoms. The molecule has 5 heteroatoms. The predicted molar refractivity (Wildman–Crippen MR) is 56.3 cm³/mol. The minimum atomic E-state index is 0.742. The molecule has 5 nitrogen and oxygen atoms in total. The van der Waals surface area contributed by atoms with Gasteiger partial charge in [0.15, 0.2) is 0 Å². The number of aromatic nitrogens is 5. The summed E-state index contributed by atoms with van der Waals surface area (Å²) < 4.78 is 3.91. The van der Waals surface area contributed by atoms with Gasteiger partial charge in [0.25, 0.3) is 0 Å². The first-order valence-electron chi connectivity index (χ1n) is 5.14. The van der Waals surface area contributed by atoms with E-state index < -0.39 is 0 Å². The first-order valence-corrected chi connectivity index (χ1v) is 5.14. The zero-order chi connectivity index (χ0) is 10.7. The third-order valence-electron chi connectivity index (χ3n) is 2.39. The summed E-state index contributed by atoms with van der Waals surface area (Å²) in [6.07, 6.45) is 7.51. The van der Waals surface area contributed by atoms with Crippen molar-refractivity contribution >= 4 is 0 Å². The van der Waals surface area contributed by atoms with Crippen LogP contribution in [0, 0.1) is 0 Å². The lowest BCUT2D eigenvalue weighted by Crippen LogP contribution is -2.09. The van der Waals surface area contributed by atoms with E-state index in [9.17, 15) is 0 Å². The maximum absolute atomic E-state index is 4.32. The van der Waals surface area contributed by atoms with Gasteiger partial charge in [-0.3, -0.25) is 4.68 Å². The van der Waals surface area contributed by atoms with Gasteiger partial charge in [-0.1, -0.05) is 6.92 Å². The van der Waals surface area contributed by atoms with Crippen molar-refractivity contribution in [3.8, 4) is 0 Å². The highest BCUT2D eigenvalue weighted by Crippen LogP contribution is 2.04. The largest absolute Gasteiger partial charge is 0.327 e. The molecule has 0 fully saturated rings. The Morgan fingerprint density at radius 3 is 2.80 bits per heavy atom. The number of hydrogen-bond donors (Lipinski definition) is 0. The summed E-state index contributed by atoms with van der Waals surface area (Å²) in [5, 5.41) is 4.04. The summed E-state index contributed by atoms with van der Waals surface area (Å²) in [7, 11) is 1.90. The maximum Gasteiger partial charge on any atom is 0.146 e. The molecule has 0 amide bonds. The van der Waals surface area contributed by atoms with E-state index in [2.05, 4.69) is 26.6 Å². The van der Waals surface area contributed by atoms with Gasteiger partial charge in [-0.05, 0) is 6.42 Å². The van der Waals surface area contributed by atoms with Crippen molar-refractivity contribution in [2.24, 2.45) is 7.05 Å². The van der Waals surface area contributed by atoms with Crippen LogP contribution in [-0.4, -0.2) is 24.3 Å². The van der Waals surface area contributed by atoms with Gasteiger partial charge < -0.3 is 4.57 Å². The quantitative estimate of drug-likeness (QED) is 0.748. The van der Waals surface area contributed by atoms with E-state index in [1.165, 1.54) is 0 Å². The van der Waals surface area contributed by atoms with Gasteiger partial charge in [-0.15, -0.1) is 0 Å². The Morgan fingerprint density at radius 2 is 2.13 bits per heavy atom. The number of hydrogen-bond acceptors (Lipinski definition) is 3. The highest BCUT2D eigenvalue weighted by atomic mass is 15.3. The van der Waals surface area contributed by atoms with E-state index in [0.717, 1.165) is 31.0 Å². The van der Waals surface area contributed by atoms with Crippen molar-refractivity contribution in [2.45, 2.75) is 26.3 Å². The molecule has 0 N–H and O–H groups in total. The van der Waals surface area contributed by atoms with Crippen LogP contribution in [0.25, 0.3) is 0 Å². The molecule has 0 aliphatic rings. The van der Waals surface area contributed by atoms with E-state index >= 15 is 0 Å². The number of rotatable bonds is 4. The monoisotopic (exact) mass is 205 g/mol. The predicted octanol–water partition coefficient (Wildman–Crippen LogP) is 1.01. The molecule has 0 saturated carbocycles. The van der Waals surface area contributed by atoms with Crippen molar-refractivity contribution in [1.82, 2.24) is 24.3 Å². The molecule has 15 heavy (non-hydrogen) atoms. The van der Waals surface area contributed by atoms with Crippen LogP contribution in [0.15, 0.2) is 18.7 Å². The van der Waals surface area contributed by atoms with Crippen LogP contribution in [0.3, 0.4) is 0 Å². The van der Waals surface area contributed by atoms with Gasteiger partial charge in [0.2, 0.25) is 0 Å². The third-order valence-corrected chi connectivity index (χ3v) is 2.39. The van der Waals surface area contributed by atoms with Gasteiger partial charge in [-0.25, -0.2) is 9.97 Å². The zero-order valence-electron chi connectivity index (χ0n) is 9.09. The Hall–Kier alpha value is -1.65. The van der Waals surface area contributed by atoms with Crippen LogP contribution in [0.2, 0.25) is 0 Å². The Bertz CT molecular complexity index is 428. The van der Waals surface area contributed by atoms with Crippen molar-refractivity contribution < 1.29 is 0 Å². The van der Waals surface area contributed by atoms with Crippen molar-refractivity contribution in [2.75, 3.05) is 0 Å². The second-order valence-corrected chi connectivity index (χ2v) is 3.52. The molecule has 0 spiro atoms. The van der Waals surface area contributed by atoms with Gasteiger partial charge in [0.05, 0.1) is 6.54 Å². The van der Waals surface area contributed by atoms with Gasteiger partial charge in [0, 0.05) is 25.9 Å². The molecule has 0 saturated heterocycles. The summed E-state index contributed by atoms with van der Waals surface area (Å²) in [6, 6.07) is 0. The fourth-order valence-electron chi connectivity index (χ4n) is 1.55. The molecule has 2 heterocycles. The standard InChI is InChI=1S/C10H15N5/c1-3-4-9-11-5-6-15(9)7-10-12-8-13-14(10)2/h5-6,8H,3-4,7H2,1-2H3. The van der Waals surface area contributed by atoms with Gasteiger partial charge in [-0.2, -0.15) is 5.10 Å². The Balaban J connectivity index is 2.17. The highest BCUT2D eigenvalue weighted by molar-refractivity contribution is 4.97. The summed E-state index contributed by atoms with van der Waals surface area (Å²) in [5.41, 5.74) is 0. The van der Waals surface area contributed by atoms with E-state index in [-0.39, 0.29) is 0 Å². The van der Waals surface area contributed by atoms with E-state index in [1.54, 1.807) is 11.0 Å². The van der Waals surface area contributed by atoms with E-state index in [4.69, 9.17) is 0 Å². The Kier molecular flexibility index (Phi) is 2.80. The average Bonchev–Trinajstić information content (AvgIpc) is 2.80. The molecular formula is C10H15N5. The van der Waals surface area contributed by atoms with Crippen LogP contribution in [-0.2, 0) is 20.0 Å². The lowest BCUT2D eigenvalue weighted by Gasteiger charge is -2.05. The first kappa shape index (κ1) is 9.89. The molecule has 0 atom stereocenters. The SMILES string of the molecule is CCCc1nccn1Cc1ncnn1C. The third kappa shape index (κ3) is 2.06. The molecule has 2 aromatic heterocycles. The fraction of sp³-hybridized carbons (Fsp3) is 0.500. The zero-order valence-corrected chi connectivity index (χ0v) is 9.09. The van der Waals surface area contributed by atoms with Gasteiger partial charge in [0.1, 0.15) is 18.0 Å². The van der Waals surface area contributed by atoms with E-state index in [0.29, 0.717) is 0 Å². The molecule has 2 aromatic rings. The summed E-state index contributed by atoms with van der Waals surface area (Å²) in [4.78, 5) is 8.52. The van der Waals surface area contributed by atoms with Crippen molar-refractivity contribution in [3.63, 3.8) is 0 Å². The maximum atomic E-state index is 4.32. The number of aryl methyl sites for hydroxylation is 2. The minimum Gasteiger partial charge on any atom is -0.327 e. The van der Waals surface area contributed by atoms with Crippen LogP contribution >= 0.6 is 0 Å². The first-order chi connectivity index (χ1) is 7.31. The number of nitrogens with zero attached hydrogens (tertiary/aromatic N) is 5. The molecule has 2 rings (SSSR count). The van der Waals surface area contributed by atoms with E-state index in [1.807, 2.05) is 19.4 Å². The Labute approximate surface area is 88.8 Å². The molecule has 0 aromatic carbocycles.